The molecule has 0 bridgehead atoms. The van der Waals surface area contributed by atoms with Gasteiger partial charge in [-0.1, -0.05) is 98.8 Å². The molecule has 0 aliphatic rings. The fourth-order valence-electron chi connectivity index (χ4n) is 4.21. The molecule has 0 radical (unpaired) electrons. The average Bonchev–Trinajstić information content (AvgIpc) is 2.93. The van der Waals surface area contributed by atoms with E-state index in [4.69, 9.17) is 9.47 Å². The highest BCUT2D eigenvalue weighted by atomic mass is 32.2. The predicted molar refractivity (Wildman–Crippen MR) is 162 cm³/mol. The number of aromatic nitrogens is 2. The maximum absolute atomic E-state index is 13.8. The monoisotopic (exact) mass is 577 g/mol. The Morgan fingerprint density at radius 2 is 1.65 bits per heavy atom. The summed E-state index contributed by atoms with van der Waals surface area (Å²) in [6.07, 6.45) is 3.36. The highest BCUT2D eigenvalue weighted by molar-refractivity contribution is 7.98. The third-order valence-electron chi connectivity index (χ3n) is 6.20. The van der Waals surface area contributed by atoms with Crippen molar-refractivity contribution in [1.82, 2.24) is 9.97 Å². The van der Waals surface area contributed by atoms with Crippen LogP contribution in [0.5, 0.6) is 5.75 Å². The van der Waals surface area contributed by atoms with Gasteiger partial charge in [0, 0.05) is 11.8 Å². The summed E-state index contributed by atoms with van der Waals surface area (Å²) < 4.78 is 42.4. The maximum atomic E-state index is 13.8. The van der Waals surface area contributed by atoms with E-state index in [-0.39, 0.29) is 35.1 Å². The van der Waals surface area contributed by atoms with E-state index < -0.39 is 10.0 Å². The van der Waals surface area contributed by atoms with Gasteiger partial charge < -0.3 is 9.47 Å². The maximum Gasteiger partial charge on any atom is 0.266 e. The zero-order valence-electron chi connectivity index (χ0n) is 23.5. The molecule has 210 valence electrons. The second kappa shape index (κ2) is 12.8. The summed E-state index contributed by atoms with van der Waals surface area (Å²) in [5.41, 5.74) is 4.47. The number of ether oxygens (including phenoxy) is 2. The molecule has 1 N–H and O–H groups in total. The predicted octanol–water partition coefficient (Wildman–Crippen LogP) is 6.87. The summed E-state index contributed by atoms with van der Waals surface area (Å²) in [4.78, 5) is 8.46. The van der Waals surface area contributed by atoms with Gasteiger partial charge >= 0.3 is 0 Å². The first-order valence-electron chi connectivity index (χ1n) is 13.0. The number of aryl methyl sites for hydroxylation is 1. The largest absolute Gasteiger partial charge is 0.489 e. The average molecular weight is 578 g/mol. The number of hydrogen-bond acceptors (Lipinski definition) is 7. The van der Waals surface area contributed by atoms with Gasteiger partial charge in [-0.3, -0.25) is 4.72 Å². The van der Waals surface area contributed by atoms with Crippen molar-refractivity contribution >= 4 is 27.6 Å². The van der Waals surface area contributed by atoms with Crippen LogP contribution in [0.25, 0.3) is 11.1 Å². The van der Waals surface area contributed by atoms with Crippen molar-refractivity contribution < 1.29 is 17.9 Å². The van der Waals surface area contributed by atoms with Crippen LogP contribution in [0.2, 0.25) is 0 Å². The number of thioether (sulfide) groups is 1. The van der Waals surface area contributed by atoms with Crippen LogP contribution in [0.3, 0.4) is 0 Å². The molecule has 4 rings (SSSR count). The molecule has 0 aliphatic carbocycles. The lowest BCUT2D eigenvalue weighted by atomic mass is 9.81. The molecule has 0 saturated heterocycles. The topological polar surface area (TPSA) is 90.4 Å². The van der Waals surface area contributed by atoms with Gasteiger partial charge in [0.15, 0.2) is 5.16 Å². The lowest BCUT2D eigenvalue weighted by molar-refractivity contribution is 0.0881. The van der Waals surface area contributed by atoms with Crippen LogP contribution in [-0.2, 0) is 26.8 Å². The number of hydrogen-bond donors (Lipinski definition) is 1. The molecule has 1 aromatic heterocycles. The molecular weight excluding hydrogens is 542 g/mol. The SMILES string of the molecule is CSc1nccc(NS(=O)(=O)c2ccc(C(C)(C)C)c(-c3ccc(C)cc3)c2OCCOCc2ccccc2)n1. The number of sulfonamides is 1. The molecule has 9 heteroatoms. The van der Waals surface area contributed by atoms with E-state index in [1.165, 1.54) is 24.0 Å². The molecule has 0 fully saturated rings. The highest BCUT2D eigenvalue weighted by Gasteiger charge is 2.29. The van der Waals surface area contributed by atoms with Crippen molar-refractivity contribution in [2.24, 2.45) is 0 Å². The van der Waals surface area contributed by atoms with Crippen LogP contribution >= 0.6 is 11.8 Å². The van der Waals surface area contributed by atoms with Crippen molar-refractivity contribution in [3.05, 3.63) is 95.7 Å². The molecule has 0 amide bonds. The van der Waals surface area contributed by atoms with Gasteiger partial charge in [-0.05, 0) is 47.4 Å². The van der Waals surface area contributed by atoms with Crippen LogP contribution < -0.4 is 9.46 Å². The van der Waals surface area contributed by atoms with Crippen molar-refractivity contribution in [1.29, 1.82) is 0 Å². The van der Waals surface area contributed by atoms with Crippen LogP contribution in [0.4, 0.5) is 5.82 Å². The van der Waals surface area contributed by atoms with E-state index in [2.05, 4.69) is 35.5 Å². The number of benzene rings is 3. The third-order valence-corrected chi connectivity index (χ3v) is 8.14. The summed E-state index contributed by atoms with van der Waals surface area (Å²) in [5, 5.41) is 0.468. The molecule has 0 spiro atoms. The minimum Gasteiger partial charge on any atom is -0.489 e. The van der Waals surface area contributed by atoms with Crippen LogP contribution in [-0.4, -0.2) is 37.9 Å². The first-order chi connectivity index (χ1) is 19.1. The van der Waals surface area contributed by atoms with E-state index in [0.717, 1.165) is 27.8 Å². The van der Waals surface area contributed by atoms with Crippen LogP contribution in [0.1, 0.15) is 37.5 Å². The molecule has 0 aliphatic heterocycles. The van der Waals surface area contributed by atoms with Gasteiger partial charge in [-0.2, -0.15) is 0 Å². The minimum absolute atomic E-state index is 0.0310. The Morgan fingerprint density at radius 3 is 2.33 bits per heavy atom. The van der Waals surface area contributed by atoms with Gasteiger partial charge in [0.25, 0.3) is 10.0 Å². The zero-order valence-corrected chi connectivity index (χ0v) is 25.1. The molecule has 4 aromatic rings. The van der Waals surface area contributed by atoms with E-state index in [1.807, 2.05) is 73.8 Å². The Hall–Kier alpha value is -3.40. The zero-order chi connectivity index (χ0) is 28.8. The fourth-order valence-corrected chi connectivity index (χ4v) is 5.71. The molecule has 3 aromatic carbocycles. The smallest absolute Gasteiger partial charge is 0.266 e. The van der Waals surface area contributed by atoms with Gasteiger partial charge in [0.1, 0.15) is 23.1 Å². The summed E-state index contributed by atoms with van der Waals surface area (Å²) in [5.74, 6) is 0.472. The standard InChI is InChI=1S/C31H35N3O4S2/c1-22-11-13-24(14-12-22)28-25(31(2,3)4)15-16-26(40(35,36)34-27-17-18-32-30(33-27)39-5)29(28)38-20-19-37-21-23-9-7-6-8-10-23/h6-18H,19-21H2,1-5H3,(H,32,33,34). The Labute approximate surface area is 241 Å². The molecule has 40 heavy (non-hydrogen) atoms. The normalized spacial score (nSPS) is 11.8. The van der Waals surface area contributed by atoms with E-state index in [1.54, 1.807) is 6.07 Å². The second-order valence-electron chi connectivity index (χ2n) is 10.4. The molecular formula is C31H35N3O4S2. The fraction of sp³-hybridized carbons (Fsp3) is 0.290. The minimum atomic E-state index is -4.07. The van der Waals surface area contributed by atoms with Crippen molar-refractivity contribution in [3.63, 3.8) is 0 Å². The van der Waals surface area contributed by atoms with E-state index in [9.17, 15) is 8.42 Å². The Morgan fingerprint density at radius 1 is 0.925 bits per heavy atom. The Bertz CT molecular complexity index is 1540. The first kappa shape index (κ1) is 29.6. The van der Waals surface area contributed by atoms with Gasteiger partial charge in [-0.15, -0.1) is 0 Å². The lowest BCUT2D eigenvalue weighted by Crippen LogP contribution is -2.20. The summed E-state index contributed by atoms with van der Waals surface area (Å²) in [6, 6.07) is 22.9. The van der Waals surface area contributed by atoms with Gasteiger partial charge in [0.2, 0.25) is 0 Å². The molecule has 0 unspecified atom stereocenters. The quantitative estimate of drug-likeness (QED) is 0.118. The number of nitrogens with zero attached hydrogens (tertiary/aromatic N) is 2. The summed E-state index contributed by atoms with van der Waals surface area (Å²) in [6.45, 7) is 9.22. The molecule has 0 atom stereocenters. The summed E-state index contributed by atoms with van der Waals surface area (Å²) >= 11 is 1.33. The van der Waals surface area contributed by atoms with E-state index >= 15 is 0 Å². The number of nitrogens with one attached hydrogen (secondary N) is 1. The van der Waals surface area contributed by atoms with E-state index in [0.29, 0.717) is 11.8 Å². The van der Waals surface area contributed by atoms with Crippen molar-refractivity contribution in [3.8, 4) is 16.9 Å². The highest BCUT2D eigenvalue weighted by Crippen LogP contribution is 2.43. The van der Waals surface area contributed by atoms with Gasteiger partial charge in [0.05, 0.1) is 13.2 Å². The molecule has 1 heterocycles. The van der Waals surface area contributed by atoms with Gasteiger partial charge in [-0.25, -0.2) is 18.4 Å². The Kier molecular flexibility index (Phi) is 9.50. The number of anilines is 1. The lowest BCUT2D eigenvalue weighted by Gasteiger charge is -2.27. The third kappa shape index (κ3) is 7.41. The van der Waals surface area contributed by atoms with Crippen LogP contribution in [0, 0.1) is 6.92 Å². The van der Waals surface area contributed by atoms with Crippen LogP contribution in [0.15, 0.2) is 89.0 Å². The molecule has 7 nitrogen and oxygen atoms in total. The first-order valence-corrected chi connectivity index (χ1v) is 15.7. The number of rotatable bonds is 11. The van der Waals surface area contributed by atoms with Crippen molar-refractivity contribution in [2.75, 3.05) is 24.2 Å². The second-order valence-corrected chi connectivity index (χ2v) is 12.8. The van der Waals surface area contributed by atoms with Crippen molar-refractivity contribution in [2.45, 2.75) is 49.8 Å². The summed E-state index contributed by atoms with van der Waals surface area (Å²) in [7, 11) is -4.07. The molecule has 0 saturated carbocycles. The Balaban J connectivity index is 1.75.